The molecule has 0 amide bonds. The third-order valence-corrected chi connectivity index (χ3v) is 2.64. The van der Waals surface area contributed by atoms with Gasteiger partial charge in [0.05, 0.1) is 20.6 Å². The second kappa shape index (κ2) is 8.73. The fourth-order valence-electron chi connectivity index (χ4n) is 1.59. The fourth-order valence-corrected chi connectivity index (χ4v) is 1.59. The predicted molar refractivity (Wildman–Crippen MR) is 72.9 cm³/mol. The van der Waals surface area contributed by atoms with Gasteiger partial charge in [-0.15, -0.1) is 0 Å². The number of hydrogen-bond acceptors (Lipinski definition) is 2. The quantitative estimate of drug-likeness (QED) is 0.395. The molecule has 0 aliphatic rings. The number of likely N-dealkylation sites (N-methyl/N-ethyl adjacent to an activating group) is 1. The van der Waals surface area contributed by atoms with Crippen LogP contribution in [0.5, 0.6) is 0 Å². The summed E-state index contributed by atoms with van der Waals surface area (Å²) in [6.07, 6.45) is 4.06. The lowest BCUT2D eigenvalue weighted by Crippen LogP contribution is -3.00. The van der Waals surface area contributed by atoms with Gasteiger partial charge in [-0.25, -0.2) is 4.79 Å². The molecule has 0 unspecified atom stereocenters. The average Bonchev–Trinajstić information content (AvgIpc) is 2.35. The van der Waals surface area contributed by atoms with E-state index in [4.69, 9.17) is 4.74 Å². The van der Waals surface area contributed by atoms with Crippen LogP contribution in [-0.2, 0) is 16.1 Å². The van der Waals surface area contributed by atoms with Gasteiger partial charge in [-0.2, -0.15) is 0 Å². The summed E-state index contributed by atoms with van der Waals surface area (Å²) in [5, 5.41) is 0. The minimum Gasteiger partial charge on any atom is -1.00 e. The number of benzene rings is 1. The van der Waals surface area contributed by atoms with Gasteiger partial charge in [0.1, 0.15) is 6.61 Å². The maximum Gasteiger partial charge on any atom is 0.362 e. The summed E-state index contributed by atoms with van der Waals surface area (Å²) in [7, 11) is 4.04. The summed E-state index contributed by atoms with van der Waals surface area (Å²) in [5.41, 5.74) is 1.02. The first-order valence-electron chi connectivity index (χ1n) is 6.16. The number of ether oxygens (including phenoxy) is 1. The van der Waals surface area contributed by atoms with Gasteiger partial charge in [0, 0.05) is 0 Å². The fraction of sp³-hybridized carbons (Fsp3) is 0.400. The molecule has 4 heteroatoms. The molecule has 19 heavy (non-hydrogen) atoms. The maximum atomic E-state index is 11.7. The lowest BCUT2D eigenvalue weighted by molar-refractivity contribution is -0.877. The number of quaternary nitrogens is 1. The van der Waals surface area contributed by atoms with Crippen LogP contribution >= 0.6 is 0 Å². The molecule has 106 valence electrons. The summed E-state index contributed by atoms with van der Waals surface area (Å²) in [4.78, 5) is 11.7. The van der Waals surface area contributed by atoms with Crippen molar-refractivity contribution in [2.45, 2.75) is 13.5 Å². The number of halogens is 1. The molecule has 0 heterocycles. The number of allylic oxidation sites excluding steroid dienone is 1. The molecule has 0 atom stereocenters. The lowest BCUT2D eigenvalue weighted by Gasteiger charge is -2.27. The molecule has 0 spiro atoms. The molecule has 0 aromatic heterocycles. The number of nitrogens with zero attached hydrogens (tertiary/aromatic N) is 1. The summed E-state index contributed by atoms with van der Waals surface area (Å²) in [5.74, 6) is -0.159. The monoisotopic (exact) mass is 283 g/mol. The van der Waals surface area contributed by atoms with E-state index < -0.39 is 0 Å². The van der Waals surface area contributed by atoms with E-state index in [-0.39, 0.29) is 18.4 Å². The van der Waals surface area contributed by atoms with Gasteiger partial charge >= 0.3 is 5.97 Å². The Hall–Kier alpha value is -1.32. The van der Waals surface area contributed by atoms with Crippen LogP contribution in [0.1, 0.15) is 12.5 Å². The zero-order valence-electron chi connectivity index (χ0n) is 11.8. The van der Waals surface area contributed by atoms with Crippen molar-refractivity contribution in [3.63, 3.8) is 0 Å². The molecule has 0 fully saturated rings. The Morgan fingerprint density at radius 2 is 1.89 bits per heavy atom. The van der Waals surface area contributed by atoms with Gasteiger partial charge in [0.2, 0.25) is 0 Å². The summed E-state index contributed by atoms with van der Waals surface area (Å²) in [6.45, 7) is 3.55. The lowest BCUT2D eigenvalue weighted by atomic mass is 10.2. The van der Waals surface area contributed by atoms with E-state index in [9.17, 15) is 4.79 Å². The number of esters is 1. The number of rotatable bonds is 6. The number of carbonyl (C=O) groups is 1. The number of carbonyl (C=O) groups excluding carboxylic acids is 1. The molecule has 0 aliphatic heterocycles. The molecular formula is C15H22ClNO2. The van der Waals surface area contributed by atoms with Crippen LogP contribution in [0, 0.1) is 0 Å². The summed E-state index contributed by atoms with van der Waals surface area (Å²) < 4.78 is 5.87. The average molecular weight is 284 g/mol. The van der Waals surface area contributed by atoms with Crippen LogP contribution in [0.15, 0.2) is 42.5 Å². The molecule has 1 rings (SSSR count). The molecule has 0 bridgehead atoms. The summed E-state index contributed by atoms with van der Waals surface area (Å²) >= 11 is 0. The Morgan fingerprint density at radius 1 is 1.26 bits per heavy atom. The highest BCUT2D eigenvalue weighted by Crippen LogP contribution is 2.03. The van der Waals surface area contributed by atoms with Crippen LogP contribution in [0.2, 0.25) is 0 Å². The van der Waals surface area contributed by atoms with Crippen molar-refractivity contribution in [1.82, 2.24) is 0 Å². The standard InChI is InChI=1S/C15H22NO2.ClH/c1-4-5-11-16(2,3)12-15(17)18-13-14-9-7-6-8-10-14;/h4-10H,11-13H2,1-3H3;1H/q+1;/p-1/b5-4+;. The van der Waals surface area contributed by atoms with Crippen LogP contribution < -0.4 is 12.4 Å². The zero-order chi connectivity index (χ0) is 13.4. The zero-order valence-corrected chi connectivity index (χ0v) is 12.6. The van der Waals surface area contributed by atoms with Crippen LogP contribution in [0.4, 0.5) is 0 Å². The molecular weight excluding hydrogens is 262 g/mol. The third-order valence-electron chi connectivity index (χ3n) is 2.64. The minimum absolute atomic E-state index is 0. The first-order chi connectivity index (χ1) is 8.53. The van der Waals surface area contributed by atoms with Crippen LogP contribution in [-0.4, -0.2) is 37.6 Å². The molecule has 3 nitrogen and oxygen atoms in total. The van der Waals surface area contributed by atoms with Gasteiger partial charge in [-0.1, -0.05) is 36.4 Å². The largest absolute Gasteiger partial charge is 1.00 e. The Labute approximate surface area is 121 Å². The Morgan fingerprint density at radius 3 is 2.47 bits per heavy atom. The van der Waals surface area contributed by atoms with Gasteiger partial charge in [0.25, 0.3) is 0 Å². The highest BCUT2D eigenvalue weighted by Gasteiger charge is 2.19. The van der Waals surface area contributed by atoms with Gasteiger partial charge in [-0.05, 0) is 18.6 Å². The molecule has 0 saturated carbocycles. The normalized spacial score (nSPS) is 11.1. The molecule has 1 aromatic rings. The predicted octanol–water partition coefficient (Wildman–Crippen LogP) is -0.614. The molecule has 0 saturated heterocycles. The Bertz CT molecular complexity index is 402. The van der Waals surface area contributed by atoms with E-state index in [2.05, 4.69) is 6.08 Å². The van der Waals surface area contributed by atoms with Gasteiger partial charge in [-0.3, -0.25) is 0 Å². The third kappa shape index (κ3) is 7.65. The molecule has 0 aliphatic carbocycles. The highest BCUT2D eigenvalue weighted by molar-refractivity contribution is 5.70. The summed E-state index contributed by atoms with van der Waals surface area (Å²) in [6, 6.07) is 9.73. The first-order valence-corrected chi connectivity index (χ1v) is 6.16. The van der Waals surface area contributed by atoms with E-state index >= 15 is 0 Å². The Balaban J connectivity index is 0.00000324. The SMILES string of the molecule is C/C=C/C[N+](C)(C)CC(=O)OCc1ccccc1.[Cl-]. The Kier molecular flexibility index (Phi) is 8.12. The van der Waals surface area contributed by atoms with Crippen LogP contribution in [0.25, 0.3) is 0 Å². The van der Waals surface area contributed by atoms with E-state index in [1.54, 1.807) is 0 Å². The molecule has 0 radical (unpaired) electrons. The number of hydrogen-bond donors (Lipinski definition) is 0. The van der Waals surface area contributed by atoms with E-state index in [1.807, 2.05) is 57.4 Å². The van der Waals surface area contributed by atoms with E-state index in [0.717, 1.165) is 12.1 Å². The minimum atomic E-state index is -0.159. The van der Waals surface area contributed by atoms with Crippen molar-refractivity contribution >= 4 is 5.97 Å². The van der Waals surface area contributed by atoms with Crippen molar-refractivity contribution in [1.29, 1.82) is 0 Å². The van der Waals surface area contributed by atoms with E-state index in [1.165, 1.54) is 0 Å². The van der Waals surface area contributed by atoms with Crippen molar-refractivity contribution in [3.05, 3.63) is 48.0 Å². The highest BCUT2D eigenvalue weighted by atomic mass is 35.5. The second-order valence-corrected chi connectivity index (χ2v) is 4.99. The molecule has 0 N–H and O–H groups in total. The van der Waals surface area contributed by atoms with Crippen molar-refractivity contribution < 1.29 is 26.4 Å². The van der Waals surface area contributed by atoms with E-state index in [0.29, 0.717) is 17.6 Å². The van der Waals surface area contributed by atoms with Crippen LogP contribution in [0.3, 0.4) is 0 Å². The molecule has 1 aromatic carbocycles. The first kappa shape index (κ1) is 17.7. The topological polar surface area (TPSA) is 26.3 Å². The van der Waals surface area contributed by atoms with Gasteiger partial charge in [0.15, 0.2) is 6.54 Å². The van der Waals surface area contributed by atoms with Gasteiger partial charge < -0.3 is 21.6 Å². The maximum absolute atomic E-state index is 11.7. The van der Waals surface area contributed by atoms with Crippen molar-refractivity contribution in [2.24, 2.45) is 0 Å². The van der Waals surface area contributed by atoms with Crippen molar-refractivity contribution in [3.8, 4) is 0 Å². The van der Waals surface area contributed by atoms with Crippen molar-refractivity contribution in [2.75, 3.05) is 27.2 Å². The second-order valence-electron chi connectivity index (χ2n) is 4.99. The smallest absolute Gasteiger partial charge is 0.362 e.